The highest BCUT2D eigenvalue weighted by Crippen LogP contribution is 2.27. The third-order valence-electron chi connectivity index (χ3n) is 4.31. The fourth-order valence-corrected chi connectivity index (χ4v) is 2.96. The first kappa shape index (κ1) is 18.0. The average Bonchev–Trinajstić information content (AvgIpc) is 3.03. The maximum absolute atomic E-state index is 11.6. The molecule has 1 aromatic heterocycles. The Morgan fingerprint density at radius 2 is 2.00 bits per heavy atom. The van der Waals surface area contributed by atoms with Gasteiger partial charge in [-0.15, -0.1) is 0 Å². The minimum atomic E-state index is -0.532. The molecule has 6 heteroatoms. The third-order valence-corrected chi connectivity index (χ3v) is 4.31. The van der Waals surface area contributed by atoms with Crippen LogP contribution in [0.25, 0.3) is 10.9 Å². The van der Waals surface area contributed by atoms with Gasteiger partial charge in [-0.25, -0.2) is 5.48 Å². The van der Waals surface area contributed by atoms with Crippen LogP contribution >= 0.6 is 0 Å². The smallest absolute Gasteiger partial charge is 0.274 e. The molecule has 0 atom stereocenters. The van der Waals surface area contributed by atoms with Crippen LogP contribution < -0.4 is 16.0 Å². The molecular formula is C20H23N3O3. The summed E-state index contributed by atoms with van der Waals surface area (Å²) in [6, 6.07) is 15.0. The summed E-state index contributed by atoms with van der Waals surface area (Å²) in [5.41, 5.74) is 9.65. The van der Waals surface area contributed by atoms with Crippen LogP contribution in [0.3, 0.4) is 0 Å². The van der Waals surface area contributed by atoms with Crippen molar-refractivity contribution in [3.05, 3.63) is 65.9 Å². The molecule has 26 heavy (non-hydrogen) atoms. The second-order valence-corrected chi connectivity index (χ2v) is 6.79. The van der Waals surface area contributed by atoms with Crippen molar-refractivity contribution in [3.8, 4) is 5.75 Å². The van der Waals surface area contributed by atoms with Gasteiger partial charge in [0.1, 0.15) is 12.4 Å². The van der Waals surface area contributed by atoms with E-state index in [1.165, 1.54) is 0 Å². The fraction of sp³-hybridized carbons (Fsp3) is 0.250. The number of nitrogens with one attached hydrogen (secondary N) is 1. The summed E-state index contributed by atoms with van der Waals surface area (Å²) in [7, 11) is 0. The van der Waals surface area contributed by atoms with Crippen molar-refractivity contribution < 1.29 is 14.7 Å². The summed E-state index contributed by atoms with van der Waals surface area (Å²) in [5, 5.41) is 9.82. The highest BCUT2D eigenvalue weighted by molar-refractivity contribution is 5.97. The number of fused-ring (bicyclic) bond motifs is 1. The normalized spacial score (nSPS) is 11.5. The number of amides is 1. The van der Waals surface area contributed by atoms with Gasteiger partial charge in [-0.05, 0) is 43.5 Å². The number of nitrogens with zero attached hydrogens (tertiary/aromatic N) is 1. The largest absolute Gasteiger partial charge is 0.491 e. The first-order valence-electron chi connectivity index (χ1n) is 8.44. The molecule has 2 aromatic carbocycles. The van der Waals surface area contributed by atoms with E-state index in [-0.39, 0.29) is 0 Å². The molecule has 0 spiro atoms. The Balaban J connectivity index is 1.76. The van der Waals surface area contributed by atoms with Crippen LogP contribution in [0, 0.1) is 0 Å². The van der Waals surface area contributed by atoms with E-state index < -0.39 is 11.4 Å². The molecule has 0 aliphatic heterocycles. The van der Waals surface area contributed by atoms with Crippen LogP contribution in [-0.4, -0.2) is 22.3 Å². The highest BCUT2D eigenvalue weighted by Gasteiger charge is 2.18. The number of carbonyl (C=O) groups excluding carboxylic acids is 1. The molecule has 0 radical (unpaired) electrons. The van der Waals surface area contributed by atoms with E-state index in [4.69, 9.17) is 15.7 Å². The molecule has 0 aliphatic carbocycles. The number of ether oxygens (including phenoxy) is 1. The molecule has 0 saturated carbocycles. The van der Waals surface area contributed by atoms with Crippen molar-refractivity contribution in [2.24, 2.45) is 5.73 Å². The lowest BCUT2D eigenvalue weighted by atomic mass is 9.95. The van der Waals surface area contributed by atoms with Gasteiger partial charge in [-0.1, -0.05) is 24.3 Å². The lowest BCUT2D eigenvalue weighted by Crippen LogP contribution is -2.29. The number of carbonyl (C=O) groups is 1. The lowest BCUT2D eigenvalue weighted by Gasteiger charge is -2.22. The van der Waals surface area contributed by atoms with Crippen molar-refractivity contribution >= 4 is 16.8 Å². The van der Waals surface area contributed by atoms with E-state index in [0.717, 1.165) is 22.2 Å². The molecule has 1 amide bonds. The van der Waals surface area contributed by atoms with Crippen LogP contribution in [0.2, 0.25) is 0 Å². The zero-order valence-corrected chi connectivity index (χ0v) is 14.9. The van der Waals surface area contributed by atoms with E-state index in [0.29, 0.717) is 18.7 Å². The van der Waals surface area contributed by atoms with E-state index in [2.05, 4.69) is 0 Å². The molecule has 1 heterocycles. The molecule has 0 bridgehead atoms. The number of nitrogens with two attached hydrogens (primary N) is 1. The van der Waals surface area contributed by atoms with Gasteiger partial charge < -0.3 is 15.0 Å². The Morgan fingerprint density at radius 1 is 1.23 bits per heavy atom. The Labute approximate surface area is 152 Å². The molecule has 4 N–H and O–H groups in total. The van der Waals surface area contributed by atoms with Gasteiger partial charge in [-0.2, -0.15) is 0 Å². The second-order valence-electron chi connectivity index (χ2n) is 6.79. The third kappa shape index (κ3) is 3.71. The fourth-order valence-electron chi connectivity index (χ4n) is 2.96. The predicted molar refractivity (Wildman–Crippen MR) is 100 cm³/mol. The van der Waals surface area contributed by atoms with Crippen molar-refractivity contribution in [3.63, 3.8) is 0 Å². The summed E-state index contributed by atoms with van der Waals surface area (Å²) >= 11 is 0. The van der Waals surface area contributed by atoms with E-state index >= 15 is 0 Å². The van der Waals surface area contributed by atoms with E-state index in [9.17, 15) is 4.79 Å². The van der Waals surface area contributed by atoms with E-state index in [1.54, 1.807) is 17.6 Å². The number of aromatic nitrogens is 1. The van der Waals surface area contributed by atoms with Crippen LogP contribution in [0.4, 0.5) is 0 Å². The van der Waals surface area contributed by atoms with Crippen LogP contribution in [0.15, 0.2) is 54.7 Å². The molecule has 3 rings (SSSR count). The molecule has 0 unspecified atom stereocenters. The minimum absolute atomic E-state index is 0.399. The zero-order valence-electron chi connectivity index (χ0n) is 14.9. The van der Waals surface area contributed by atoms with Crippen molar-refractivity contribution in [2.75, 3.05) is 6.61 Å². The Kier molecular flexibility index (Phi) is 4.97. The SMILES string of the molecule is CC(C)(N)c1ccccc1OCCn1ccc2ccc(C(=O)NO)cc21. The van der Waals surface area contributed by atoms with Crippen molar-refractivity contribution in [2.45, 2.75) is 25.9 Å². The second kappa shape index (κ2) is 7.19. The monoisotopic (exact) mass is 353 g/mol. The average molecular weight is 353 g/mol. The number of hydrogen-bond acceptors (Lipinski definition) is 4. The summed E-state index contributed by atoms with van der Waals surface area (Å²) in [6.45, 7) is 4.98. The number of benzene rings is 2. The van der Waals surface area contributed by atoms with Crippen molar-refractivity contribution in [1.82, 2.24) is 10.0 Å². The van der Waals surface area contributed by atoms with E-state index in [1.807, 2.05) is 61.0 Å². The summed E-state index contributed by atoms with van der Waals surface area (Å²) in [5.74, 6) is 0.242. The number of hydroxylamine groups is 1. The van der Waals surface area contributed by atoms with Gasteiger partial charge in [0.2, 0.25) is 0 Å². The molecule has 136 valence electrons. The lowest BCUT2D eigenvalue weighted by molar-refractivity contribution is 0.0706. The number of rotatable bonds is 6. The van der Waals surface area contributed by atoms with Gasteiger partial charge in [0, 0.05) is 28.4 Å². The number of hydrogen-bond donors (Lipinski definition) is 3. The van der Waals surface area contributed by atoms with Gasteiger partial charge in [-0.3, -0.25) is 10.0 Å². The van der Waals surface area contributed by atoms with Gasteiger partial charge in [0.25, 0.3) is 5.91 Å². The van der Waals surface area contributed by atoms with Gasteiger partial charge >= 0.3 is 0 Å². The Hall–Kier alpha value is -2.83. The quantitative estimate of drug-likeness (QED) is 0.469. The van der Waals surface area contributed by atoms with Gasteiger partial charge in [0.15, 0.2) is 0 Å². The summed E-state index contributed by atoms with van der Waals surface area (Å²) in [4.78, 5) is 11.6. The molecule has 3 aromatic rings. The Bertz CT molecular complexity index is 925. The zero-order chi connectivity index (χ0) is 18.7. The molecule has 0 aliphatic rings. The Morgan fingerprint density at radius 3 is 2.73 bits per heavy atom. The highest BCUT2D eigenvalue weighted by atomic mass is 16.5. The summed E-state index contributed by atoms with van der Waals surface area (Å²) in [6.07, 6.45) is 1.95. The maximum Gasteiger partial charge on any atom is 0.274 e. The first-order chi connectivity index (χ1) is 12.4. The molecule has 0 saturated heterocycles. The maximum atomic E-state index is 11.6. The van der Waals surface area contributed by atoms with Crippen LogP contribution in [0.1, 0.15) is 29.8 Å². The molecular weight excluding hydrogens is 330 g/mol. The van der Waals surface area contributed by atoms with Crippen LogP contribution in [-0.2, 0) is 12.1 Å². The summed E-state index contributed by atoms with van der Waals surface area (Å²) < 4.78 is 7.98. The predicted octanol–water partition coefficient (Wildman–Crippen LogP) is 3.03. The van der Waals surface area contributed by atoms with Gasteiger partial charge in [0.05, 0.1) is 6.54 Å². The standard InChI is InChI=1S/C20H23N3O3/c1-20(2,21)16-5-3-4-6-18(16)26-12-11-23-10-9-14-7-8-15(13-17(14)23)19(24)22-25/h3-10,13,25H,11-12,21H2,1-2H3,(H,22,24). The topological polar surface area (TPSA) is 89.5 Å². The minimum Gasteiger partial charge on any atom is -0.491 e. The number of para-hydroxylation sites is 1. The van der Waals surface area contributed by atoms with Crippen LogP contribution in [0.5, 0.6) is 5.75 Å². The first-order valence-corrected chi connectivity index (χ1v) is 8.44. The molecule has 6 nitrogen and oxygen atoms in total. The molecule has 0 fully saturated rings. The van der Waals surface area contributed by atoms with Crippen molar-refractivity contribution in [1.29, 1.82) is 0 Å².